The zero-order valence-corrected chi connectivity index (χ0v) is 11.2. The van der Waals surface area contributed by atoms with Gasteiger partial charge >= 0.3 is 0 Å². The van der Waals surface area contributed by atoms with Crippen LogP contribution >= 0.6 is 0 Å². The standard InChI is InChI=1S/C13H19N3O3/c1-9(2)19-13-10(4-3-5-15-13)16-12(17)11-8-14-6-7-18-11/h3-5,9,11,14H,6-8H2,1-2H3,(H,16,17). The van der Waals surface area contributed by atoms with Gasteiger partial charge in [0.15, 0.2) is 0 Å². The molecule has 0 bridgehead atoms. The molecule has 1 atom stereocenters. The zero-order valence-electron chi connectivity index (χ0n) is 11.2. The number of nitrogens with one attached hydrogen (secondary N) is 2. The van der Waals surface area contributed by atoms with Gasteiger partial charge in [-0.2, -0.15) is 0 Å². The number of rotatable bonds is 4. The number of amides is 1. The molecule has 0 aliphatic carbocycles. The first-order valence-corrected chi connectivity index (χ1v) is 6.41. The normalized spacial score (nSPS) is 19.2. The first kappa shape index (κ1) is 13.8. The molecule has 1 aliphatic rings. The predicted octanol–water partition coefficient (Wildman–Crippen LogP) is 0.796. The Kier molecular flexibility index (Phi) is 4.70. The Morgan fingerprint density at radius 2 is 2.47 bits per heavy atom. The van der Waals surface area contributed by atoms with E-state index in [0.717, 1.165) is 6.54 Å². The van der Waals surface area contributed by atoms with Crippen molar-refractivity contribution in [1.29, 1.82) is 0 Å². The van der Waals surface area contributed by atoms with Gasteiger partial charge in [-0.05, 0) is 26.0 Å². The van der Waals surface area contributed by atoms with Crippen molar-refractivity contribution in [1.82, 2.24) is 10.3 Å². The van der Waals surface area contributed by atoms with E-state index in [1.54, 1.807) is 18.3 Å². The summed E-state index contributed by atoms with van der Waals surface area (Å²) in [6.07, 6.45) is 1.16. The van der Waals surface area contributed by atoms with Crippen molar-refractivity contribution >= 4 is 11.6 Å². The third-order valence-electron chi connectivity index (χ3n) is 2.60. The summed E-state index contributed by atoms with van der Waals surface area (Å²) in [5.74, 6) is 0.239. The number of morpholine rings is 1. The lowest BCUT2D eigenvalue weighted by Crippen LogP contribution is -2.45. The Bertz CT molecular complexity index is 431. The maximum atomic E-state index is 12.0. The van der Waals surface area contributed by atoms with Crippen LogP contribution in [0.2, 0.25) is 0 Å². The molecule has 1 aromatic rings. The van der Waals surface area contributed by atoms with Crippen molar-refractivity contribution in [2.75, 3.05) is 25.0 Å². The topological polar surface area (TPSA) is 72.5 Å². The van der Waals surface area contributed by atoms with E-state index in [1.165, 1.54) is 0 Å². The van der Waals surface area contributed by atoms with Crippen molar-refractivity contribution in [2.24, 2.45) is 0 Å². The number of hydrogen-bond acceptors (Lipinski definition) is 5. The Hall–Kier alpha value is -1.66. The van der Waals surface area contributed by atoms with Gasteiger partial charge in [0.25, 0.3) is 5.91 Å². The van der Waals surface area contributed by atoms with Crippen molar-refractivity contribution in [3.63, 3.8) is 0 Å². The fourth-order valence-corrected chi connectivity index (χ4v) is 1.75. The van der Waals surface area contributed by atoms with E-state index in [0.29, 0.717) is 24.7 Å². The van der Waals surface area contributed by atoms with E-state index in [-0.39, 0.29) is 12.0 Å². The number of carbonyl (C=O) groups is 1. The van der Waals surface area contributed by atoms with E-state index in [4.69, 9.17) is 9.47 Å². The smallest absolute Gasteiger partial charge is 0.254 e. The largest absolute Gasteiger partial charge is 0.473 e. The molecule has 0 saturated carbocycles. The molecule has 1 amide bonds. The highest BCUT2D eigenvalue weighted by molar-refractivity contribution is 5.95. The summed E-state index contributed by atoms with van der Waals surface area (Å²) < 4.78 is 10.9. The number of aromatic nitrogens is 1. The second-order valence-electron chi connectivity index (χ2n) is 4.58. The van der Waals surface area contributed by atoms with Crippen LogP contribution in [0.15, 0.2) is 18.3 Å². The van der Waals surface area contributed by atoms with Crippen LogP contribution in [0.1, 0.15) is 13.8 Å². The van der Waals surface area contributed by atoms with E-state index < -0.39 is 6.10 Å². The first-order chi connectivity index (χ1) is 9.16. The molecule has 104 valence electrons. The molecule has 2 N–H and O–H groups in total. The molecule has 19 heavy (non-hydrogen) atoms. The summed E-state index contributed by atoms with van der Waals surface area (Å²) in [6.45, 7) is 5.66. The highest BCUT2D eigenvalue weighted by Crippen LogP contribution is 2.22. The molecule has 6 nitrogen and oxygen atoms in total. The molecule has 2 rings (SSSR count). The average Bonchev–Trinajstić information content (AvgIpc) is 2.41. The molecular formula is C13H19N3O3. The fraction of sp³-hybridized carbons (Fsp3) is 0.538. The molecule has 1 aliphatic heterocycles. The molecule has 0 aromatic carbocycles. The van der Waals surface area contributed by atoms with Crippen LogP contribution in [0.3, 0.4) is 0 Å². The molecule has 1 aromatic heterocycles. The van der Waals surface area contributed by atoms with Gasteiger partial charge in [-0.15, -0.1) is 0 Å². The summed E-state index contributed by atoms with van der Waals surface area (Å²) in [4.78, 5) is 16.2. The number of nitrogens with zero attached hydrogens (tertiary/aromatic N) is 1. The van der Waals surface area contributed by atoms with Gasteiger partial charge < -0.3 is 20.1 Å². The molecule has 0 radical (unpaired) electrons. The third-order valence-corrected chi connectivity index (χ3v) is 2.60. The summed E-state index contributed by atoms with van der Waals surface area (Å²) in [5, 5.41) is 5.91. The molecule has 2 heterocycles. The molecule has 1 fully saturated rings. The Morgan fingerprint density at radius 3 is 3.16 bits per heavy atom. The van der Waals surface area contributed by atoms with Crippen molar-refractivity contribution in [3.8, 4) is 5.88 Å². The molecule has 1 unspecified atom stereocenters. The zero-order chi connectivity index (χ0) is 13.7. The summed E-state index contributed by atoms with van der Waals surface area (Å²) in [5.41, 5.74) is 0.565. The predicted molar refractivity (Wildman–Crippen MR) is 71.2 cm³/mol. The van der Waals surface area contributed by atoms with Gasteiger partial charge in [0.1, 0.15) is 11.8 Å². The van der Waals surface area contributed by atoms with Crippen LogP contribution in [0.5, 0.6) is 5.88 Å². The molecule has 1 saturated heterocycles. The lowest BCUT2D eigenvalue weighted by atomic mass is 10.2. The fourth-order valence-electron chi connectivity index (χ4n) is 1.75. The van der Waals surface area contributed by atoms with Gasteiger partial charge in [0.05, 0.1) is 12.7 Å². The van der Waals surface area contributed by atoms with Crippen LogP contribution in [-0.4, -0.2) is 42.8 Å². The minimum atomic E-state index is -0.471. The van der Waals surface area contributed by atoms with Gasteiger partial charge in [-0.1, -0.05) is 0 Å². The highest BCUT2D eigenvalue weighted by atomic mass is 16.5. The van der Waals surface area contributed by atoms with E-state index >= 15 is 0 Å². The number of hydrogen-bond donors (Lipinski definition) is 2. The number of anilines is 1. The van der Waals surface area contributed by atoms with Crippen molar-refractivity contribution in [2.45, 2.75) is 26.1 Å². The second-order valence-corrected chi connectivity index (χ2v) is 4.58. The van der Waals surface area contributed by atoms with Crippen LogP contribution in [-0.2, 0) is 9.53 Å². The number of pyridine rings is 1. The van der Waals surface area contributed by atoms with Gasteiger partial charge in [-0.3, -0.25) is 4.79 Å². The van der Waals surface area contributed by atoms with Gasteiger partial charge in [0, 0.05) is 19.3 Å². The van der Waals surface area contributed by atoms with Crippen LogP contribution in [0.4, 0.5) is 5.69 Å². The summed E-state index contributed by atoms with van der Waals surface area (Å²) in [7, 11) is 0. The summed E-state index contributed by atoms with van der Waals surface area (Å²) >= 11 is 0. The Labute approximate surface area is 112 Å². The molecular weight excluding hydrogens is 246 g/mol. The van der Waals surface area contributed by atoms with Gasteiger partial charge in [-0.25, -0.2) is 4.98 Å². The minimum absolute atomic E-state index is 0.00171. The summed E-state index contributed by atoms with van der Waals surface area (Å²) in [6, 6.07) is 3.52. The Balaban J connectivity index is 2.03. The lowest BCUT2D eigenvalue weighted by Gasteiger charge is -2.23. The molecule has 0 spiro atoms. The van der Waals surface area contributed by atoms with Gasteiger partial charge in [0.2, 0.25) is 5.88 Å². The van der Waals surface area contributed by atoms with Crippen molar-refractivity contribution < 1.29 is 14.3 Å². The number of ether oxygens (including phenoxy) is 2. The third kappa shape index (κ3) is 3.90. The highest BCUT2D eigenvalue weighted by Gasteiger charge is 2.22. The van der Waals surface area contributed by atoms with E-state index in [2.05, 4.69) is 15.6 Å². The van der Waals surface area contributed by atoms with Crippen molar-refractivity contribution in [3.05, 3.63) is 18.3 Å². The average molecular weight is 265 g/mol. The Morgan fingerprint density at radius 1 is 1.63 bits per heavy atom. The van der Waals surface area contributed by atoms with E-state index in [1.807, 2.05) is 13.8 Å². The second kappa shape index (κ2) is 6.49. The van der Waals surface area contributed by atoms with E-state index in [9.17, 15) is 4.79 Å². The lowest BCUT2D eigenvalue weighted by molar-refractivity contribution is -0.128. The minimum Gasteiger partial charge on any atom is -0.473 e. The maximum Gasteiger partial charge on any atom is 0.254 e. The number of carbonyl (C=O) groups excluding carboxylic acids is 1. The van der Waals surface area contributed by atoms with Crippen LogP contribution in [0, 0.1) is 0 Å². The quantitative estimate of drug-likeness (QED) is 0.842. The maximum absolute atomic E-state index is 12.0. The molecule has 6 heteroatoms. The van der Waals surface area contributed by atoms with Crippen LogP contribution < -0.4 is 15.4 Å². The first-order valence-electron chi connectivity index (χ1n) is 6.41. The SMILES string of the molecule is CC(C)Oc1ncccc1NC(=O)C1CNCCO1. The monoisotopic (exact) mass is 265 g/mol. The van der Waals surface area contributed by atoms with Crippen LogP contribution in [0.25, 0.3) is 0 Å².